The topological polar surface area (TPSA) is 9.23 Å². The molecule has 0 heterocycles. The van der Waals surface area contributed by atoms with Gasteiger partial charge in [0.25, 0.3) is 6.43 Å². The van der Waals surface area contributed by atoms with Crippen molar-refractivity contribution in [1.29, 1.82) is 0 Å². The minimum absolute atomic E-state index is 0.0811. The number of hydrogen-bond donors (Lipinski definition) is 0. The summed E-state index contributed by atoms with van der Waals surface area (Å²) in [6.07, 6.45) is -3.11. The number of alkyl halides is 4. The van der Waals surface area contributed by atoms with E-state index in [9.17, 15) is 26.3 Å². The third kappa shape index (κ3) is 7.25. The molecule has 1 nitrogen and oxygen atoms in total. The maximum absolute atomic E-state index is 15.2. The molecule has 0 aliphatic heterocycles. The van der Waals surface area contributed by atoms with Crippen molar-refractivity contribution < 1.29 is 39.9 Å². The zero-order valence-electron chi connectivity index (χ0n) is 24.6. The lowest BCUT2D eigenvalue weighted by molar-refractivity contribution is -0.187. The molecule has 0 amide bonds. The van der Waals surface area contributed by atoms with E-state index in [4.69, 9.17) is 0 Å². The molecule has 0 spiro atoms. The Bertz CT molecular complexity index is 1830. The summed E-state index contributed by atoms with van der Waals surface area (Å²) in [5.41, 5.74) is 0.618. The quantitative estimate of drug-likeness (QED) is 0.103. The van der Waals surface area contributed by atoms with Crippen LogP contribution >= 0.6 is 0 Å². The number of aryl methyl sites for hydroxylation is 1. The summed E-state index contributed by atoms with van der Waals surface area (Å²) in [5, 5.41) is 0. The Morgan fingerprint density at radius 2 is 1.15 bits per heavy atom. The second kappa shape index (κ2) is 13.8. The fourth-order valence-electron chi connectivity index (χ4n) is 5.16. The van der Waals surface area contributed by atoms with Crippen molar-refractivity contribution in [1.82, 2.24) is 0 Å². The lowest BCUT2D eigenvalue weighted by atomic mass is 9.96. The molecule has 0 radical (unpaired) electrons. The van der Waals surface area contributed by atoms with E-state index in [0.717, 1.165) is 43.4 Å². The first-order chi connectivity index (χ1) is 22.0. The second-order valence-electron chi connectivity index (χ2n) is 10.8. The fourth-order valence-corrected chi connectivity index (χ4v) is 5.16. The SMILES string of the molecule is CCCCCc1ccc(-c2ccc(-c3ccc(-c4ccc(C(F)(F)Oc5ccc(C(F)F)c(F)c5)c(F)c4)c(F)c3)c(F)c2)cc1. The van der Waals surface area contributed by atoms with Crippen LogP contribution in [0.1, 0.15) is 49.3 Å². The Hall–Kier alpha value is -4.66. The molecule has 0 unspecified atom stereocenters. The predicted octanol–water partition coefficient (Wildman–Crippen LogP) is 12.0. The highest BCUT2D eigenvalue weighted by Crippen LogP contribution is 2.37. The van der Waals surface area contributed by atoms with Gasteiger partial charge in [-0.3, -0.25) is 0 Å². The van der Waals surface area contributed by atoms with Gasteiger partial charge in [-0.15, -0.1) is 0 Å². The molecule has 238 valence electrons. The van der Waals surface area contributed by atoms with Crippen LogP contribution < -0.4 is 4.74 Å². The van der Waals surface area contributed by atoms with Crippen molar-refractivity contribution in [2.45, 2.75) is 45.1 Å². The Labute approximate surface area is 261 Å². The van der Waals surface area contributed by atoms with Crippen molar-refractivity contribution >= 4 is 0 Å². The van der Waals surface area contributed by atoms with Crippen LogP contribution in [0.25, 0.3) is 33.4 Å². The average Bonchev–Trinajstić information content (AvgIpc) is 3.01. The number of unbranched alkanes of at least 4 members (excludes halogenated alkanes) is 2. The largest absolute Gasteiger partial charge is 0.429 e. The van der Waals surface area contributed by atoms with Gasteiger partial charge >= 0.3 is 6.11 Å². The van der Waals surface area contributed by atoms with E-state index >= 15 is 8.78 Å². The normalized spacial score (nSPS) is 11.7. The first-order valence-electron chi connectivity index (χ1n) is 14.6. The summed E-state index contributed by atoms with van der Waals surface area (Å²) in [4.78, 5) is 0. The molecule has 0 aliphatic rings. The lowest BCUT2D eigenvalue weighted by Gasteiger charge is -2.20. The van der Waals surface area contributed by atoms with Gasteiger partial charge in [0.15, 0.2) is 0 Å². The molecule has 0 aliphatic carbocycles. The summed E-state index contributed by atoms with van der Waals surface area (Å²) in [7, 11) is 0. The molecule has 46 heavy (non-hydrogen) atoms. The van der Waals surface area contributed by atoms with E-state index < -0.39 is 52.7 Å². The van der Waals surface area contributed by atoms with Gasteiger partial charge in [-0.2, -0.15) is 8.78 Å². The fraction of sp³-hybridized carbons (Fsp3) is 0.189. The molecular weight excluding hydrogens is 612 g/mol. The van der Waals surface area contributed by atoms with Gasteiger partial charge in [0, 0.05) is 17.2 Å². The molecule has 0 saturated heterocycles. The van der Waals surface area contributed by atoms with Crippen LogP contribution in [-0.2, 0) is 12.5 Å². The van der Waals surface area contributed by atoms with E-state index in [2.05, 4.69) is 11.7 Å². The van der Waals surface area contributed by atoms with E-state index in [1.807, 2.05) is 24.3 Å². The van der Waals surface area contributed by atoms with Crippen molar-refractivity contribution in [2.75, 3.05) is 0 Å². The monoisotopic (exact) mass is 640 g/mol. The first-order valence-corrected chi connectivity index (χ1v) is 14.6. The Morgan fingerprint density at radius 1 is 0.587 bits per heavy atom. The van der Waals surface area contributed by atoms with Crippen LogP contribution in [0.3, 0.4) is 0 Å². The Balaban J connectivity index is 1.33. The van der Waals surface area contributed by atoms with Crippen molar-refractivity contribution in [3.05, 3.63) is 137 Å². The van der Waals surface area contributed by atoms with Crippen LogP contribution in [0.5, 0.6) is 5.75 Å². The third-order valence-corrected chi connectivity index (χ3v) is 7.65. The highest BCUT2D eigenvalue weighted by Gasteiger charge is 2.38. The summed E-state index contributed by atoms with van der Waals surface area (Å²) in [6.45, 7) is 2.15. The van der Waals surface area contributed by atoms with Gasteiger partial charge in [0.05, 0.1) is 11.1 Å². The van der Waals surface area contributed by atoms with E-state index in [1.54, 1.807) is 6.07 Å². The summed E-state index contributed by atoms with van der Waals surface area (Å²) < 4.78 is 119. The molecule has 0 bridgehead atoms. The lowest BCUT2D eigenvalue weighted by Crippen LogP contribution is -2.23. The molecule has 0 atom stereocenters. The highest BCUT2D eigenvalue weighted by atomic mass is 19.3. The summed E-state index contributed by atoms with van der Waals surface area (Å²) >= 11 is 0. The molecule has 5 rings (SSSR count). The van der Waals surface area contributed by atoms with Crippen LogP contribution in [0, 0.1) is 23.3 Å². The molecule has 0 fully saturated rings. The smallest absolute Gasteiger partial charge is 0.429 e. The van der Waals surface area contributed by atoms with E-state index in [-0.39, 0.29) is 22.3 Å². The zero-order chi connectivity index (χ0) is 33.0. The molecule has 0 aromatic heterocycles. The minimum atomic E-state index is -4.32. The molecule has 0 N–H and O–H groups in total. The third-order valence-electron chi connectivity index (χ3n) is 7.65. The van der Waals surface area contributed by atoms with Crippen LogP contribution in [0.4, 0.5) is 35.1 Å². The summed E-state index contributed by atoms with van der Waals surface area (Å²) in [6, 6.07) is 20.4. The summed E-state index contributed by atoms with van der Waals surface area (Å²) in [5.74, 6) is -5.13. The number of halogens is 8. The average molecular weight is 641 g/mol. The predicted molar refractivity (Wildman–Crippen MR) is 162 cm³/mol. The number of rotatable bonds is 11. The van der Waals surface area contributed by atoms with Crippen molar-refractivity contribution in [3.8, 4) is 39.1 Å². The van der Waals surface area contributed by atoms with Gasteiger partial charge in [0.2, 0.25) is 0 Å². The van der Waals surface area contributed by atoms with Gasteiger partial charge in [0.1, 0.15) is 29.0 Å². The zero-order valence-corrected chi connectivity index (χ0v) is 24.6. The van der Waals surface area contributed by atoms with Crippen LogP contribution in [0.15, 0.2) is 97.1 Å². The van der Waals surface area contributed by atoms with Gasteiger partial charge in [-0.25, -0.2) is 26.3 Å². The van der Waals surface area contributed by atoms with E-state index in [1.165, 1.54) is 29.8 Å². The standard InChI is InChI=1S/C37H28F8O/c1-2-3-4-5-22-6-8-23(9-7-22)24-10-14-28(32(38)18-24)25-11-15-29(33(39)19-25)26-12-17-31(35(41)20-26)37(44,45)46-27-13-16-30(36(42)43)34(40)21-27/h6-21,36H,2-5H2,1H3. The Morgan fingerprint density at radius 3 is 1.72 bits per heavy atom. The van der Waals surface area contributed by atoms with Crippen LogP contribution in [-0.4, -0.2) is 0 Å². The molecule has 9 heteroatoms. The first kappa shape index (κ1) is 32.7. The Kier molecular flexibility index (Phi) is 9.79. The molecular formula is C37H28F8O. The van der Waals surface area contributed by atoms with Crippen molar-refractivity contribution in [3.63, 3.8) is 0 Å². The van der Waals surface area contributed by atoms with Crippen LogP contribution in [0.2, 0.25) is 0 Å². The number of hydrogen-bond acceptors (Lipinski definition) is 1. The maximum Gasteiger partial charge on any atom is 0.429 e. The molecule has 5 aromatic rings. The molecule has 0 saturated carbocycles. The van der Waals surface area contributed by atoms with E-state index in [0.29, 0.717) is 35.9 Å². The van der Waals surface area contributed by atoms with Gasteiger partial charge in [-0.1, -0.05) is 74.4 Å². The molecule has 5 aromatic carbocycles. The number of benzene rings is 5. The van der Waals surface area contributed by atoms with Gasteiger partial charge in [-0.05, 0) is 77.1 Å². The number of ether oxygens (including phenoxy) is 1. The van der Waals surface area contributed by atoms with Crippen molar-refractivity contribution in [2.24, 2.45) is 0 Å². The highest BCUT2D eigenvalue weighted by molar-refractivity contribution is 5.74. The maximum atomic E-state index is 15.2. The second-order valence-corrected chi connectivity index (χ2v) is 10.8. The minimum Gasteiger partial charge on any atom is -0.429 e. The van der Waals surface area contributed by atoms with Gasteiger partial charge < -0.3 is 4.74 Å².